The Bertz CT molecular complexity index is 1070. The van der Waals surface area contributed by atoms with Crippen molar-refractivity contribution in [3.05, 3.63) is 36.0 Å². The normalized spacial score (nSPS) is 17.8. The fourth-order valence-electron chi connectivity index (χ4n) is 4.14. The number of hydrogen-bond donors (Lipinski definition) is 7. The number of fused-ring (bicyclic) bond motifs is 1. The number of thiol groups is 1. The van der Waals surface area contributed by atoms with Crippen molar-refractivity contribution < 1.29 is 24.3 Å². The van der Waals surface area contributed by atoms with E-state index in [2.05, 4.69) is 38.9 Å². The number of carbonyl (C=O) groups is 4. The minimum absolute atomic E-state index is 0.0550. The molecule has 1 aromatic heterocycles. The van der Waals surface area contributed by atoms with Gasteiger partial charge in [-0.2, -0.15) is 24.4 Å². The van der Waals surface area contributed by atoms with Gasteiger partial charge in [-0.25, -0.2) is 4.79 Å². The summed E-state index contributed by atoms with van der Waals surface area (Å²) in [5, 5.41) is 21.7. The number of carboxylic acids is 1. The molecule has 0 spiro atoms. The summed E-state index contributed by atoms with van der Waals surface area (Å²) >= 11 is 5.70. The van der Waals surface area contributed by atoms with E-state index in [-0.39, 0.29) is 24.1 Å². The molecule has 1 aliphatic rings. The summed E-state index contributed by atoms with van der Waals surface area (Å²) in [6.45, 7) is 0.746. The highest BCUT2D eigenvalue weighted by molar-refractivity contribution is 7.98. The average molecular weight is 536 g/mol. The van der Waals surface area contributed by atoms with Crippen LogP contribution in [-0.2, 0) is 25.6 Å². The van der Waals surface area contributed by atoms with Crippen LogP contribution in [0.4, 0.5) is 0 Å². The minimum Gasteiger partial charge on any atom is -0.480 e. The van der Waals surface area contributed by atoms with Gasteiger partial charge in [0.2, 0.25) is 17.7 Å². The highest BCUT2D eigenvalue weighted by Gasteiger charge is 2.31. The van der Waals surface area contributed by atoms with Crippen molar-refractivity contribution >= 4 is 59.0 Å². The van der Waals surface area contributed by atoms with Crippen LogP contribution in [0.15, 0.2) is 30.5 Å². The van der Waals surface area contributed by atoms with Crippen molar-refractivity contribution in [1.82, 2.24) is 26.3 Å². The van der Waals surface area contributed by atoms with Gasteiger partial charge in [-0.15, -0.1) is 0 Å². The number of carbonyl (C=O) groups excluding carboxylic acids is 3. The quantitative estimate of drug-likeness (QED) is 0.186. The first-order valence-corrected chi connectivity index (χ1v) is 13.9. The van der Waals surface area contributed by atoms with E-state index in [1.807, 2.05) is 30.5 Å². The Morgan fingerprint density at radius 2 is 1.83 bits per heavy atom. The molecule has 196 valence electrons. The molecule has 12 heteroatoms. The lowest BCUT2D eigenvalue weighted by Gasteiger charge is -2.24. The van der Waals surface area contributed by atoms with Gasteiger partial charge in [0.15, 0.2) is 0 Å². The molecule has 2 aromatic rings. The van der Waals surface area contributed by atoms with Crippen molar-refractivity contribution in [3.63, 3.8) is 0 Å². The second-order valence-electron chi connectivity index (χ2n) is 8.70. The van der Waals surface area contributed by atoms with Gasteiger partial charge >= 0.3 is 5.97 Å². The summed E-state index contributed by atoms with van der Waals surface area (Å²) in [4.78, 5) is 53.6. The molecule has 4 unspecified atom stereocenters. The molecule has 36 heavy (non-hydrogen) atoms. The molecule has 0 saturated carbocycles. The summed E-state index contributed by atoms with van der Waals surface area (Å²) in [6.07, 6.45) is 5.57. The number of aromatic nitrogens is 1. The number of amides is 3. The van der Waals surface area contributed by atoms with E-state index in [0.29, 0.717) is 18.6 Å². The van der Waals surface area contributed by atoms with Crippen LogP contribution in [0, 0.1) is 0 Å². The van der Waals surface area contributed by atoms with E-state index < -0.39 is 35.9 Å². The van der Waals surface area contributed by atoms with Crippen LogP contribution in [0.2, 0.25) is 0 Å². The first-order valence-electron chi connectivity index (χ1n) is 11.9. The molecule has 2 heterocycles. The van der Waals surface area contributed by atoms with Crippen molar-refractivity contribution in [2.45, 2.75) is 49.9 Å². The van der Waals surface area contributed by atoms with Crippen LogP contribution in [0.25, 0.3) is 10.9 Å². The highest BCUT2D eigenvalue weighted by Crippen LogP contribution is 2.19. The second kappa shape index (κ2) is 13.6. The van der Waals surface area contributed by atoms with Crippen molar-refractivity contribution in [1.29, 1.82) is 0 Å². The standard InChI is InChI=1S/C24H33N5O5S2/c1-36-10-8-18(27-23(32)20(13-35)29-21(30)17-7-4-9-25-17)22(31)28-19(24(33)34)11-14-12-26-16-6-3-2-5-15(14)16/h2-3,5-6,12,17-20,25-26,35H,4,7-11,13H2,1H3,(H,27,32)(H,28,31)(H,29,30)(H,33,34). The van der Waals surface area contributed by atoms with Crippen molar-refractivity contribution in [3.8, 4) is 0 Å². The molecule has 0 aliphatic carbocycles. The third kappa shape index (κ3) is 7.40. The molecule has 1 aliphatic heterocycles. The molecule has 6 N–H and O–H groups in total. The summed E-state index contributed by atoms with van der Waals surface area (Å²) < 4.78 is 0. The van der Waals surface area contributed by atoms with E-state index in [4.69, 9.17) is 0 Å². The Balaban J connectivity index is 1.66. The van der Waals surface area contributed by atoms with Crippen LogP contribution >= 0.6 is 24.4 Å². The van der Waals surface area contributed by atoms with E-state index in [9.17, 15) is 24.3 Å². The van der Waals surface area contributed by atoms with Gasteiger partial charge in [0.05, 0.1) is 6.04 Å². The average Bonchev–Trinajstić information content (AvgIpc) is 3.55. The van der Waals surface area contributed by atoms with E-state index in [0.717, 1.165) is 29.4 Å². The Kier molecular flexibility index (Phi) is 10.5. The predicted octanol–water partition coefficient (Wildman–Crippen LogP) is 0.684. The molecule has 10 nitrogen and oxygen atoms in total. The summed E-state index contributed by atoms with van der Waals surface area (Å²) in [7, 11) is 0. The number of rotatable bonds is 13. The van der Waals surface area contributed by atoms with Gasteiger partial charge in [0.25, 0.3) is 0 Å². The molecule has 1 fully saturated rings. The molecule has 3 amide bonds. The number of H-pyrrole nitrogens is 1. The lowest BCUT2D eigenvalue weighted by molar-refractivity contribution is -0.142. The van der Waals surface area contributed by atoms with Crippen LogP contribution < -0.4 is 21.3 Å². The maximum Gasteiger partial charge on any atom is 0.326 e. The van der Waals surface area contributed by atoms with Crippen molar-refractivity contribution in [2.75, 3.05) is 24.3 Å². The molecule has 1 saturated heterocycles. The number of hydrogen-bond acceptors (Lipinski definition) is 7. The number of aromatic amines is 1. The molecule has 4 atom stereocenters. The van der Waals surface area contributed by atoms with Crippen LogP contribution in [0.1, 0.15) is 24.8 Å². The molecular formula is C24H33N5O5S2. The minimum atomic E-state index is -1.18. The van der Waals surface area contributed by atoms with E-state index in [1.165, 1.54) is 11.8 Å². The SMILES string of the molecule is CSCCC(NC(=O)C(CS)NC(=O)C1CCCN1)C(=O)NC(Cc1c[nH]c2ccccc12)C(=O)O. The summed E-state index contributed by atoms with van der Waals surface area (Å²) in [5.74, 6) is -1.96. The molecular weight excluding hydrogens is 502 g/mol. The first-order chi connectivity index (χ1) is 17.3. The van der Waals surface area contributed by atoms with Crippen LogP contribution in [0.5, 0.6) is 0 Å². The van der Waals surface area contributed by atoms with Gasteiger partial charge in [-0.1, -0.05) is 18.2 Å². The third-order valence-corrected chi connectivity index (χ3v) is 7.16. The van der Waals surface area contributed by atoms with Crippen molar-refractivity contribution in [2.24, 2.45) is 0 Å². The zero-order valence-electron chi connectivity index (χ0n) is 20.1. The molecule has 0 bridgehead atoms. The third-order valence-electron chi connectivity index (χ3n) is 6.15. The Hall–Kier alpha value is -2.70. The second-order valence-corrected chi connectivity index (χ2v) is 10.0. The van der Waals surface area contributed by atoms with E-state index in [1.54, 1.807) is 6.20 Å². The van der Waals surface area contributed by atoms with Gasteiger partial charge < -0.3 is 31.4 Å². The van der Waals surface area contributed by atoms with Gasteiger partial charge in [0.1, 0.15) is 18.1 Å². The fraction of sp³-hybridized carbons (Fsp3) is 0.500. The maximum atomic E-state index is 13.1. The number of nitrogens with one attached hydrogen (secondary N) is 5. The molecule has 3 rings (SSSR count). The Morgan fingerprint density at radius 1 is 1.11 bits per heavy atom. The Morgan fingerprint density at radius 3 is 2.50 bits per heavy atom. The first kappa shape index (κ1) is 27.9. The van der Waals surface area contributed by atoms with Gasteiger partial charge in [0, 0.05) is 29.3 Å². The summed E-state index contributed by atoms with van der Waals surface area (Å²) in [5.41, 5.74) is 1.64. The number of carboxylic acid groups (broad SMARTS) is 1. The zero-order chi connectivity index (χ0) is 26.1. The van der Waals surface area contributed by atoms with Crippen LogP contribution in [0.3, 0.4) is 0 Å². The molecule has 0 radical (unpaired) electrons. The maximum absolute atomic E-state index is 13.1. The lowest BCUT2D eigenvalue weighted by atomic mass is 10.0. The van der Waals surface area contributed by atoms with Crippen LogP contribution in [-0.4, -0.2) is 82.3 Å². The topological polar surface area (TPSA) is 152 Å². The van der Waals surface area contributed by atoms with Gasteiger partial charge in [-0.3, -0.25) is 14.4 Å². The number of thioether (sulfide) groups is 1. The molecule has 1 aromatic carbocycles. The fourth-order valence-corrected chi connectivity index (χ4v) is 4.87. The zero-order valence-corrected chi connectivity index (χ0v) is 21.8. The monoisotopic (exact) mass is 535 g/mol. The number of aliphatic carboxylic acids is 1. The lowest BCUT2D eigenvalue weighted by Crippen LogP contribution is -2.57. The number of benzene rings is 1. The number of para-hydroxylation sites is 1. The summed E-state index contributed by atoms with van der Waals surface area (Å²) in [6, 6.07) is 4.10. The van der Waals surface area contributed by atoms with Gasteiger partial charge in [-0.05, 0) is 49.4 Å². The smallest absolute Gasteiger partial charge is 0.326 e. The largest absolute Gasteiger partial charge is 0.480 e. The predicted molar refractivity (Wildman–Crippen MR) is 143 cm³/mol. The Labute approximate surface area is 219 Å². The van der Waals surface area contributed by atoms with E-state index >= 15 is 0 Å². The highest BCUT2D eigenvalue weighted by atomic mass is 32.2.